The molecular weight excluding hydrogens is 184 g/mol. The summed E-state index contributed by atoms with van der Waals surface area (Å²) in [5.41, 5.74) is 3.84. The lowest BCUT2D eigenvalue weighted by Gasteiger charge is -2.14. The molecule has 0 spiro atoms. The normalized spacial score (nSPS) is 11.1. The molecule has 1 aromatic carbocycles. The summed E-state index contributed by atoms with van der Waals surface area (Å²) in [5, 5.41) is 0. The second-order valence-electron chi connectivity index (χ2n) is 4.64. The summed E-state index contributed by atoms with van der Waals surface area (Å²) in [6.07, 6.45) is 1.52. The summed E-state index contributed by atoms with van der Waals surface area (Å²) in [7, 11) is 0. The number of carbonyl (C=O) groups excluding carboxylic acids is 1. The highest BCUT2D eigenvalue weighted by atomic mass is 16.1. The SMILES string of the molecule is CC(C)c1ccc(CC=O)c(C(C)C)c1. The van der Waals surface area contributed by atoms with Gasteiger partial charge in [0.2, 0.25) is 0 Å². The van der Waals surface area contributed by atoms with E-state index < -0.39 is 0 Å². The minimum atomic E-state index is 0.485. The Bertz CT molecular complexity index is 337. The van der Waals surface area contributed by atoms with Crippen LogP contribution in [0, 0.1) is 0 Å². The zero-order valence-electron chi connectivity index (χ0n) is 10.1. The van der Waals surface area contributed by atoms with Crippen LogP contribution in [0.25, 0.3) is 0 Å². The molecule has 0 aliphatic carbocycles. The summed E-state index contributed by atoms with van der Waals surface area (Å²) in [6.45, 7) is 8.74. The lowest BCUT2D eigenvalue weighted by atomic mass is 9.90. The average molecular weight is 204 g/mol. The largest absolute Gasteiger partial charge is 0.303 e. The molecule has 82 valence electrons. The van der Waals surface area contributed by atoms with E-state index >= 15 is 0 Å². The molecule has 1 nitrogen and oxygen atoms in total. The van der Waals surface area contributed by atoms with E-state index in [2.05, 4.69) is 45.9 Å². The molecule has 0 atom stereocenters. The fraction of sp³-hybridized carbons (Fsp3) is 0.500. The Morgan fingerprint density at radius 2 is 1.80 bits per heavy atom. The summed E-state index contributed by atoms with van der Waals surface area (Å²) < 4.78 is 0. The fourth-order valence-electron chi connectivity index (χ4n) is 1.79. The quantitative estimate of drug-likeness (QED) is 0.684. The van der Waals surface area contributed by atoms with Gasteiger partial charge in [-0.05, 0) is 28.5 Å². The van der Waals surface area contributed by atoms with E-state index in [1.165, 1.54) is 16.7 Å². The van der Waals surface area contributed by atoms with Gasteiger partial charge in [0.15, 0.2) is 0 Å². The van der Waals surface area contributed by atoms with E-state index in [1.807, 2.05) is 0 Å². The van der Waals surface area contributed by atoms with Crippen molar-refractivity contribution in [3.8, 4) is 0 Å². The van der Waals surface area contributed by atoms with Crippen LogP contribution >= 0.6 is 0 Å². The zero-order chi connectivity index (χ0) is 11.4. The van der Waals surface area contributed by atoms with Gasteiger partial charge in [0.05, 0.1) is 0 Å². The Balaban J connectivity index is 3.14. The molecule has 0 heterocycles. The molecule has 15 heavy (non-hydrogen) atoms. The minimum Gasteiger partial charge on any atom is -0.303 e. The number of rotatable bonds is 4. The molecule has 0 saturated carbocycles. The highest BCUT2D eigenvalue weighted by molar-refractivity contribution is 5.57. The number of hydrogen-bond donors (Lipinski definition) is 0. The fourth-order valence-corrected chi connectivity index (χ4v) is 1.79. The van der Waals surface area contributed by atoms with E-state index in [4.69, 9.17) is 0 Å². The van der Waals surface area contributed by atoms with Gasteiger partial charge in [-0.3, -0.25) is 0 Å². The van der Waals surface area contributed by atoms with Crippen LogP contribution in [0.1, 0.15) is 56.2 Å². The van der Waals surface area contributed by atoms with Gasteiger partial charge in [-0.2, -0.15) is 0 Å². The number of carbonyl (C=O) groups is 1. The molecule has 0 fully saturated rings. The minimum absolute atomic E-state index is 0.485. The molecule has 0 amide bonds. The van der Waals surface area contributed by atoms with Gasteiger partial charge in [0, 0.05) is 6.42 Å². The second-order valence-corrected chi connectivity index (χ2v) is 4.64. The molecular formula is C14H20O. The smallest absolute Gasteiger partial charge is 0.124 e. The van der Waals surface area contributed by atoms with E-state index in [0.717, 1.165) is 6.29 Å². The van der Waals surface area contributed by atoms with Crippen LogP contribution in [-0.2, 0) is 11.2 Å². The van der Waals surface area contributed by atoms with E-state index in [1.54, 1.807) is 0 Å². The first kappa shape index (κ1) is 12.0. The van der Waals surface area contributed by atoms with E-state index in [-0.39, 0.29) is 0 Å². The molecule has 1 aromatic rings. The Morgan fingerprint density at radius 1 is 1.13 bits per heavy atom. The maximum atomic E-state index is 10.6. The van der Waals surface area contributed by atoms with Gasteiger partial charge < -0.3 is 4.79 Å². The van der Waals surface area contributed by atoms with E-state index in [9.17, 15) is 4.79 Å². The Kier molecular flexibility index (Phi) is 4.07. The molecule has 0 bridgehead atoms. The molecule has 0 N–H and O–H groups in total. The second kappa shape index (κ2) is 5.11. The third-order valence-corrected chi connectivity index (χ3v) is 2.76. The Hall–Kier alpha value is -1.11. The number of aldehydes is 1. The topological polar surface area (TPSA) is 17.1 Å². The molecule has 0 aliphatic heterocycles. The third-order valence-electron chi connectivity index (χ3n) is 2.76. The maximum Gasteiger partial charge on any atom is 0.124 e. The van der Waals surface area contributed by atoms with Gasteiger partial charge in [-0.25, -0.2) is 0 Å². The van der Waals surface area contributed by atoms with Crippen LogP contribution in [0.5, 0.6) is 0 Å². The highest BCUT2D eigenvalue weighted by Gasteiger charge is 2.08. The van der Waals surface area contributed by atoms with Crippen molar-refractivity contribution in [1.29, 1.82) is 0 Å². The average Bonchev–Trinajstić information content (AvgIpc) is 2.18. The Labute approximate surface area is 92.5 Å². The lowest BCUT2D eigenvalue weighted by molar-refractivity contribution is -0.107. The predicted octanol–water partition coefficient (Wildman–Crippen LogP) is 3.67. The van der Waals surface area contributed by atoms with Gasteiger partial charge in [0.25, 0.3) is 0 Å². The number of hydrogen-bond acceptors (Lipinski definition) is 1. The molecule has 0 unspecified atom stereocenters. The third kappa shape index (κ3) is 2.92. The number of benzene rings is 1. The first-order chi connectivity index (χ1) is 7.06. The van der Waals surface area contributed by atoms with Crippen molar-refractivity contribution in [3.05, 3.63) is 34.9 Å². The van der Waals surface area contributed by atoms with E-state index in [0.29, 0.717) is 18.3 Å². The van der Waals surface area contributed by atoms with Crippen LogP contribution < -0.4 is 0 Å². The summed E-state index contributed by atoms with van der Waals surface area (Å²) in [4.78, 5) is 10.6. The lowest BCUT2D eigenvalue weighted by Crippen LogP contribution is -2.00. The van der Waals surface area contributed by atoms with Crippen LogP contribution in [0.2, 0.25) is 0 Å². The molecule has 0 aromatic heterocycles. The van der Waals surface area contributed by atoms with Crippen molar-refractivity contribution >= 4 is 6.29 Å². The zero-order valence-corrected chi connectivity index (χ0v) is 10.1. The molecule has 1 rings (SSSR count). The van der Waals surface area contributed by atoms with Crippen LogP contribution in [0.3, 0.4) is 0 Å². The molecule has 0 saturated heterocycles. The predicted molar refractivity (Wildman–Crippen MR) is 64.4 cm³/mol. The van der Waals surface area contributed by atoms with Gasteiger partial charge in [0.1, 0.15) is 6.29 Å². The van der Waals surface area contributed by atoms with Crippen molar-refractivity contribution in [3.63, 3.8) is 0 Å². The van der Waals surface area contributed by atoms with Crippen molar-refractivity contribution in [1.82, 2.24) is 0 Å². The first-order valence-electron chi connectivity index (χ1n) is 5.62. The monoisotopic (exact) mass is 204 g/mol. The van der Waals surface area contributed by atoms with Gasteiger partial charge in [-0.1, -0.05) is 45.9 Å². The van der Waals surface area contributed by atoms with Gasteiger partial charge >= 0.3 is 0 Å². The van der Waals surface area contributed by atoms with Crippen LogP contribution in [0.4, 0.5) is 0 Å². The Morgan fingerprint density at radius 3 is 2.27 bits per heavy atom. The van der Waals surface area contributed by atoms with Crippen molar-refractivity contribution < 1.29 is 4.79 Å². The standard InChI is InChI=1S/C14H20O/c1-10(2)13-6-5-12(7-8-15)14(9-13)11(3)4/h5-6,8-11H,7H2,1-4H3. The van der Waals surface area contributed by atoms with Crippen LogP contribution in [0.15, 0.2) is 18.2 Å². The van der Waals surface area contributed by atoms with Crippen LogP contribution in [-0.4, -0.2) is 6.29 Å². The summed E-state index contributed by atoms with van der Waals surface area (Å²) in [5.74, 6) is 1.03. The highest BCUT2D eigenvalue weighted by Crippen LogP contribution is 2.24. The summed E-state index contributed by atoms with van der Waals surface area (Å²) >= 11 is 0. The summed E-state index contributed by atoms with van der Waals surface area (Å²) in [6, 6.07) is 6.47. The molecule has 0 aliphatic rings. The molecule has 0 radical (unpaired) electrons. The maximum absolute atomic E-state index is 10.6. The van der Waals surface area contributed by atoms with Crippen molar-refractivity contribution in [2.45, 2.75) is 46.0 Å². The molecule has 1 heteroatoms. The van der Waals surface area contributed by atoms with Crippen molar-refractivity contribution in [2.75, 3.05) is 0 Å². The van der Waals surface area contributed by atoms with Crippen molar-refractivity contribution in [2.24, 2.45) is 0 Å². The first-order valence-corrected chi connectivity index (χ1v) is 5.62. The van der Waals surface area contributed by atoms with Gasteiger partial charge in [-0.15, -0.1) is 0 Å².